The van der Waals surface area contributed by atoms with Gasteiger partial charge in [0, 0.05) is 12.1 Å². The van der Waals surface area contributed by atoms with Crippen LogP contribution >= 0.6 is 0 Å². The van der Waals surface area contributed by atoms with Crippen LogP contribution in [0.4, 0.5) is 13.2 Å². The van der Waals surface area contributed by atoms with Crippen molar-refractivity contribution in [3.63, 3.8) is 0 Å². The topological polar surface area (TPSA) is 84.5 Å². The fourth-order valence-corrected chi connectivity index (χ4v) is 2.78. The van der Waals surface area contributed by atoms with E-state index in [9.17, 15) is 23.1 Å². The standard InChI is InChI=1S/C19H19F3N2O5/c1-3-27-13-4-6-14(7-5-13)28-11-15-8-9-16(29-15)17(25)24-18(26,19(20,21)22)10-12(2)23-24/h4-9,26H,3,10-11H2,1-2H3/t18-/m0/s1. The van der Waals surface area contributed by atoms with Crippen LogP contribution in [0.2, 0.25) is 0 Å². The molecule has 10 heteroatoms. The van der Waals surface area contributed by atoms with E-state index < -0.39 is 30.0 Å². The Morgan fingerprint density at radius 1 is 1.21 bits per heavy atom. The number of benzene rings is 1. The van der Waals surface area contributed by atoms with Gasteiger partial charge in [-0.05, 0) is 50.2 Å². The van der Waals surface area contributed by atoms with Gasteiger partial charge in [0.15, 0.2) is 5.76 Å². The van der Waals surface area contributed by atoms with Gasteiger partial charge in [-0.15, -0.1) is 0 Å². The van der Waals surface area contributed by atoms with Gasteiger partial charge >= 0.3 is 12.1 Å². The van der Waals surface area contributed by atoms with Crippen molar-refractivity contribution in [1.82, 2.24) is 5.01 Å². The smallest absolute Gasteiger partial charge is 0.438 e. The first-order chi connectivity index (χ1) is 13.6. The van der Waals surface area contributed by atoms with Gasteiger partial charge in [0.25, 0.3) is 5.72 Å². The predicted molar refractivity (Wildman–Crippen MR) is 95.6 cm³/mol. The zero-order valence-electron chi connectivity index (χ0n) is 15.7. The lowest BCUT2D eigenvalue weighted by Crippen LogP contribution is -2.56. The summed E-state index contributed by atoms with van der Waals surface area (Å²) < 4.78 is 55.9. The summed E-state index contributed by atoms with van der Waals surface area (Å²) in [6.07, 6.45) is -5.90. The summed E-state index contributed by atoms with van der Waals surface area (Å²) >= 11 is 0. The normalized spacial score (nSPS) is 19.2. The largest absolute Gasteiger partial charge is 0.494 e. The van der Waals surface area contributed by atoms with Gasteiger partial charge < -0.3 is 19.0 Å². The van der Waals surface area contributed by atoms with Crippen molar-refractivity contribution in [3.05, 3.63) is 47.9 Å². The molecule has 1 aromatic carbocycles. The molecule has 2 aromatic rings. The Labute approximate surface area is 164 Å². The Morgan fingerprint density at radius 3 is 2.41 bits per heavy atom. The van der Waals surface area contributed by atoms with Crippen LogP contribution in [-0.2, 0) is 6.61 Å². The number of alkyl halides is 3. The molecule has 0 fully saturated rings. The number of carbonyl (C=O) groups excluding carboxylic acids is 1. The minimum absolute atomic E-state index is 0.0122. The van der Waals surface area contributed by atoms with E-state index in [1.54, 1.807) is 24.3 Å². The third-order valence-corrected chi connectivity index (χ3v) is 4.16. The number of carbonyl (C=O) groups is 1. The van der Waals surface area contributed by atoms with Gasteiger partial charge in [0.2, 0.25) is 0 Å². The highest BCUT2D eigenvalue weighted by atomic mass is 19.4. The van der Waals surface area contributed by atoms with Crippen molar-refractivity contribution < 1.29 is 37.0 Å². The van der Waals surface area contributed by atoms with Crippen molar-refractivity contribution in [2.75, 3.05) is 6.61 Å². The van der Waals surface area contributed by atoms with E-state index in [4.69, 9.17) is 13.9 Å². The van der Waals surface area contributed by atoms with Crippen LogP contribution in [0.25, 0.3) is 0 Å². The monoisotopic (exact) mass is 412 g/mol. The van der Waals surface area contributed by atoms with E-state index in [0.29, 0.717) is 18.1 Å². The summed E-state index contributed by atoms with van der Waals surface area (Å²) in [6, 6.07) is 9.43. The van der Waals surface area contributed by atoms with Crippen LogP contribution in [0.5, 0.6) is 11.5 Å². The molecule has 0 saturated heterocycles. The summed E-state index contributed by atoms with van der Waals surface area (Å²) in [5.41, 5.74) is -3.43. The van der Waals surface area contributed by atoms with Crippen molar-refractivity contribution in [2.45, 2.75) is 38.8 Å². The lowest BCUT2D eigenvalue weighted by Gasteiger charge is -2.32. The molecular weight excluding hydrogens is 393 g/mol. The van der Waals surface area contributed by atoms with Gasteiger partial charge in [-0.25, -0.2) is 0 Å². The number of nitrogens with zero attached hydrogens (tertiary/aromatic N) is 2. The first kappa shape index (κ1) is 20.7. The molecule has 1 N–H and O–H groups in total. The molecule has 0 unspecified atom stereocenters. The second-order valence-electron chi connectivity index (χ2n) is 6.40. The third-order valence-electron chi connectivity index (χ3n) is 4.16. The number of halogens is 3. The molecular formula is C19H19F3N2O5. The Hall–Kier alpha value is -3.01. The molecule has 1 aliphatic rings. The maximum Gasteiger partial charge on any atom is 0.438 e. The molecule has 29 heavy (non-hydrogen) atoms. The van der Waals surface area contributed by atoms with Crippen molar-refractivity contribution >= 4 is 11.6 Å². The summed E-state index contributed by atoms with van der Waals surface area (Å²) in [5, 5.41) is 13.5. The molecule has 7 nitrogen and oxygen atoms in total. The van der Waals surface area contributed by atoms with Gasteiger partial charge in [-0.2, -0.15) is 23.3 Å². The van der Waals surface area contributed by atoms with Crippen molar-refractivity contribution in [2.24, 2.45) is 5.10 Å². The first-order valence-corrected chi connectivity index (χ1v) is 8.76. The molecule has 0 aliphatic carbocycles. The second-order valence-corrected chi connectivity index (χ2v) is 6.40. The average Bonchev–Trinajstić information content (AvgIpc) is 3.25. The van der Waals surface area contributed by atoms with Gasteiger partial charge in [0.05, 0.1) is 6.61 Å². The van der Waals surface area contributed by atoms with E-state index in [-0.39, 0.29) is 23.1 Å². The van der Waals surface area contributed by atoms with Crippen LogP contribution in [0.1, 0.15) is 36.6 Å². The maximum atomic E-state index is 13.3. The Balaban J connectivity index is 1.68. The third kappa shape index (κ3) is 4.21. The average molecular weight is 412 g/mol. The van der Waals surface area contributed by atoms with Gasteiger partial charge in [0.1, 0.15) is 23.9 Å². The fourth-order valence-electron chi connectivity index (χ4n) is 2.78. The number of hydrogen-bond acceptors (Lipinski definition) is 6. The van der Waals surface area contributed by atoms with E-state index in [2.05, 4.69) is 5.10 Å². The number of ether oxygens (including phenoxy) is 2. The number of hydrazone groups is 1. The summed E-state index contributed by atoms with van der Waals surface area (Å²) in [7, 11) is 0. The molecule has 0 saturated carbocycles. The molecule has 0 radical (unpaired) electrons. The van der Waals surface area contributed by atoms with Crippen molar-refractivity contribution in [1.29, 1.82) is 0 Å². The Morgan fingerprint density at radius 2 is 1.83 bits per heavy atom. The van der Waals surface area contributed by atoms with Gasteiger partial charge in [-0.1, -0.05) is 0 Å². The molecule has 3 rings (SSSR count). The highest BCUT2D eigenvalue weighted by Crippen LogP contribution is 2.41. The molecule has 1 aromatic heterocycles. The minimum atomic E-state index is -5.07. The van der Waals surface area contributed by atoms with Crippen LogP contribution in [0.15, 0.2) is 45.9 Å². The molecule has 0 spiro atoms. The predicted octanol–water partition coefficient (Wildman–Crippen LogP) is 3.73. The lowest BCUT2D eigenvalue weighted by atomic mass is 10.1. The summed E-state index contributed by atoms with van der Waals surface area (Å²) in [4.78, 5) is 12.5. The summed E-state index contributed by atoms with van der Waals surface area (Å²) in [5.74, 6) is -0.170. The zero-order valence-corrected chi connectivity index (χ0v) is 15.7. The van der Waals surface area contributed by atoms with E-state index in [0.717, 1.165) is 0 Å². The van der Waals surface area contributed by atoms with Crippen molar-refractivity contribution in [3.8, 4) is 11.5 Å². The van der Waals surface area contributed by atoms with Crippen LogP contribution < -0.4 is 9.47 Å². The SMILES string of the molecule is CCOc1ccc(OCc2ccc(C(=O)N3N=C(C)C[C@]3(O)C(F)(F)F)o2)cc1. The number of furan rings is 1. The summed E-state index contributed by atoms with van der Waals surface area (Å²) in [6.45, 7) is 3.65. The van der Waals surface area contributed by atoms with E-state index >= 15 is 0 Å². The van der Waals surface area contributed by atoms with Crippen LogP contribution in [-0.4, -0.2) is 40.2 Å². The number of amides is 1. The Kier molecular flexibility index (Phi) is 5.56. The van der Waals surface area contributed by atoms with E-state index in [1.165, 1.54) is 19.1 Å². The second kappa shape index (κ2) is 7.78. The molecule has 1 atom stereocenters. The highest BCUT2D eigenvalue weighted by molar-refractivity contribution is 5.96. The molecule has 0 bridgehead atoms. The molecule has 156 valence electrons. The first-order valence-electron chi connectivity index (χ1n) is 8.76. The van der Waals surface area contributed by atoms with E-state index in [1.807, 2.05) is 6.92 Å². The molecule has 2 heterocycles. The van der Waals surface area contributed by atoms with Crippen LogP contribution in [0.3, 0.4) is 0 Å². The zero-order chi connectivity index (χ0) is 21.2. The quantitative estimate of drug-likeness (QED) is 0.782. The Bertz CT molecular complexity index is 907. The fraction of sp³-hybridized carbons (Fsp3) is 0.368. The van der Waals surface area contributed by atoms with Crippen LogP contribution in [0, 0.1) is 0 Å². The number of rotatable bonds is 6. The number of hydrogen-bond donors (Lipinski definition) is 1. The molecule has 1 aliphatic heterocycles. The maximum absolute atomic E-state index is 13.3. The molecule has 1 amide bonds. The van der Waals surface area contributed by atoms with Gasteiger partial charge in [-0.3, -0.25) is 4.79 Å². The minimum Gasteiger partial charge on any atom is -0.494 e. The lowest BCUT2D eigenvalue weighted by molar-refractivity contribution is -0.297. The highest BCUT2D eigenvalue weighted by Gasteiger charge is 2.63. The number of aliphatic hydroxyl groups is 1.